The van der Waals surface area contributed by atoms with E-state index in [2.05, 4.69) is 34.6 Å². The van der Waals surface area contributed by atoms with Gasteiger partial charge in [0.2, 0.25) is 0 Å². The highest BCUT2D eigenvalue weighted by atomic mass is 16.3. The number of rotatable bonds is 5. The lowest BCUT2D eigenvalue weighted by Crippen LogP contribution is -2.59. The molecular formula is C27H48O2. The summed E-state index contributed by atoms with van der Waals surface area (Å²) in [4.78, 5) is 0. The Hall–Kier alpha value is -0.0800. The first kappa shape index (κ1) is 22.1. The van der Waals surface area contributed by atoms with Crippen molar-refractivity contribution in [2.45, 2.75) is 117 Å². The minimum Gasteiger partial charge on any atom is -0.393 e. The Labute approximate surface area is 180 Å². The Kier molecular flexibility index (Phi) is 6.19. The molecule has 2 N–H and O–H groups in total. The molecule has 0 saturated heterocycles. The molecule has 4 aliphatic carbocycles. The predicted octanol–water partition coefficient (Wildman–Crippen LogP) is 6.44. The van der Waals surface area contributed by atoms with Crippen LogP contribution in [-0.4, -0.2) is 22.4 Å². The molecule has 2 nitrogen and oxygen atoms in total. The van der Waals surface area contributed by atoms with E-state index in [1.54, 1.807) is 0 Å². The van der Waals surface area contributed by atoms with Crippen LogP contribution >= 0.6 is 0 Å². The zero-order valence-electron chi connectivity index (χ0n) is 19.9. The standard InChI is InChI=1S/C27H48O2/c1-17(2)9-8-10-18(3)21-15-23(28)25-20-13-12-19-11-6-7-14-26(19,4)22(20)16-24(29)27(21,25)5/h17-25,28-29H,6-16H2,1-5H3/t18-,19-,20-,21-,22+,23+,24-,25-,26+,27+/m1/s1. The van der Waals surface area contributed by atoms with Gasteiger partial charge in [-0.15, -0.1) is 0 Å². The van der Waals surface area contributed by atoms with Crippen molar-refractivity contribution in [2.75, 3.05) is 0 Å². The highest BCUT2D eigenvalue weighted by Gasteiger charge is 2.65. The normalized spacial score (nSPS) is 50.7. The van der Waals surface area contributed by atoms with Crippen LogP contribution in [-0.2, 0) is 0 Å². The van der Waals surface area contributed by atoms with Gasteiger partial charge < -0.3 is 10.2 Å². The fraction of sp³-hybridized carbons (Fsp3) is 1.00. The molecule has 29 heavy (non-hydrogen) atoms. The van der Waals surface area contributed by atoms with Crippen LogP contribution in [0.3, 0.4) is 0 Å². The first-order chi connectivity index (χ1) is 13.7. The summed E-state index contributed by atoms with van der Waals surface area (Å²) in [7, 11) is 0. The fourth-order valence-electron chi connectivity index (χ4n) is 9.28. The summed E-state index contributed by atoms with van der Waals surface area (Å²) in [5, 5.41) is 23.0. The van der Waals surface area contributed by atoms with Gasteiger partial charge in [0.05, 0.1) is 12.2 Å². The summed E-state index contributed by atoms with van der Waals surface area (Å²) in [6, 6.07) is 0. The maximum absolute atomic E-state index is 11.6. The van der Waals surface area contributed by atoms with Crippen LogP contribution in [0.4, 0.5) is 0 Å². The number of hydrogen-bond acceptors (Lipinski definition) is 2. The Morgan fingerprint density at radius 2 is 1.69 bits per heavy atom. The van der Waals surface area contributed by atoms with Crippen molar-refractivity contribution in [3.8, 4) is 0 Å². The summed E-state index contributed by atoms with van der Waals surface area (Å²) in [5.41, 5.74) is 0.319. The Bertz CT molecular complexity index is 573. The summed E-state index contributed by atoms with van der Waals surface area (Å²) < 4.78 is 0. The van der Waals surface area contributed by atoms with Crippen molar-refractivity contribution in [1.29, 1.82) is 0 Å². The lowest BCUT2D eigenvalue weighted by atomic mass is 9.43. The van der Waals surface area contributed by atoms with E-state index >= 15 is 0 Å². The van der Waals surface area contributed by atoms with Gasteiger partial charge in [0.25, 0.3) is 0 Å². The van der Waals surface area contributed by atoms with E-state index in [9.17, 15) is 10.2 Å². The molecule has 10 atom stereocenters. The van der Waals surface area contributed by atoms with Gasteiger partial charge in [0, 0.05) is 5.41 Å². The second-order valence-electron chi connectivity index (χ2n) is 12.7. The Morgan fingerprint density at radius 1 is 0.931 bits per heavy atom. The Morgan fingerprint density at radius 3 is 2.41 bits per heavy atom. The van der Waals surface area contributed by atoms with Gasteiger partial charge in [-0.2, -0.15) is 0 Å². The van der Waals surface area contributed by atoms with Crippen LogP contribution in [0.1, 0.15) is 105 Å². The Balaban J connectivity index is 1.56. The lowest BCUT2D eigenvalue weighted by Gasteiger charge is -2.62. The summed E-state index contributed by atoms with van der Waals surface area (Å²) in [6.07, 6.45) is 13.5. The topological polar surface area (TPSA) is 40.5 Å². The number of hydrogen-bond donors (Lipinski definition) is 2. The van der Waals surface area contributed by atoms with E-state index in [1.807, 2.05) is 0 Å². The van der Waals surface area contributed by atoms with Gasteiger partial charge in [-0.3, -0.25) is 0 Å². The lowest BCUT2D eigenvalue weighted by molar-refractivity contribution is -0.180. The number of aliphatic hydroxyl groups is 2. The minimum atomic E-state index is -0.235. The van der Waals surface area contributed by atoms with Crippen LogP contribution in [0.5, 0.6) is 0 Å². The highest BCUT2D eigenvalue weighted by Crippen LogP contribution is 2.68. The fourth-order valence-corrected chi connectivity index (χ4v) is 9.28. The number of fused-ring (bicyclic) bond motifs is 5. The molecule has 0 bridgehead atoms. The van der Waals surface area contributed by atoms with Crippen LogP contribution in [0.15, 0.2) is 0 Å². The molecule has 4 fully saturated rings. The van der Waals surface area contributed by atoms with Crippen molar-refractivity contribution in [3.05, 3.63) is 0 Å². The van der Waals surface area contributed by atoms with Gasteiger partial charge in [-0.05, 0) is 85.4 Å². The zero-order chi connectivity index (χ0) is 21.0. The van der Waals surface area contributed by atoms with Crippen LogP contribution in [0, 0.1) is 52.3 Å². The molecule has 0 aliphatic heterocycles. The summed E-state index contributed by atoms with van der Waals surface area (Å²) in [6.45, 7) is 12.0. The van der Waals surface area contributed by atoms with Crippen molar-refractivity contribution in [1.82, 2.24) is 0 Å². The average molecular weight is 405 g/mol. The minimum absolute atomic E-state index is 0.0876. The SMILES string of the molecule is CC(C)CCC[C@@H](C)[C@H]1C[C@H](O)[C@H]2[C@@H]3CC[C@H]4CCCC[C@]4(C)[C@H]3C[C@@H](O)[C@@]21C. The van der Waals surface area contributed by atoms with Crippen LogP contribution < -0.4 is 0 Å². The second-order valence-corrected chi connectivity index (χ2v) is 12.7. The summed E-state index contributed by atoms with van der Waals surface area (Å²) in [5.74, 6) is 4.28. The zero-order valence-corrected chi connectivity index (χ0v) is 19.9. The second kappa shape index (κ2) is 8.12. The highest BCUT2D eigenvalue weighted by molar-refractivity contribution is 5.14. The molecule has 0 heterocycles. The molecule has 0 unspecified atom stereocenters. The third-order valence-electron chi connectivity index (χ3n) is 10.9. The van der Waals surface area contributed by atoms with Crippen LogP contribution in [0.2, 0.25) is 0 Å². The van der Waals surface area contributed by atoms with Crippen molar-refractivity contribution in [2.24, 2.45) is 52.3 Å². The quantitative estimate of drug-likeness (QED) is 0.553. The molecule has 4 saturated carbocycles. The van der Waals surface area contributed by atoms with Gasteiger partial charge >= 0.3 is 0 Å². The molecular weight excluding hydrogens is 356 g/mol. The number of aliphatic hydroxyl groups excluding tert-OH is 2. The molecule has 0 aromatic rings. The van der Waals surface area contributed by atoms with Gasteiger partial charge in [-0.1, -0.05) is 66.7 Å². The first-order valence-electron chi connectivity index (χ1n) is 13.1. The van der Waals surface area contributed by atoms with Gasteiger partial charge in [0.1, 0.15) is 0 Å². The van der Waals surface area contributed by atoms with E-state index in [-0.39, 0.29) is 17.6 Å². The molecule has 168 valence electrons. The maximum Gasteiger partial charge on any atom is 0.0603 e. The van der Waals surface area contributed by atoms with Crippen LogP contribution in [0.25, 0.3) is 0 Å². The van der Waals surface area contributed by atoms with E-state index in [1.165, 1.54) is 57.8 Å². The average Bonchev–Trinajstić information content (AvgIpc) is 2.94. The molecule has 4 rings (SSSR count). The molecule has 0 aromatic carbocycles. The van der Waals surface area contributed by atoms with Crippen molar-refractivity contribution < 1.29 is 10.2 Å². The first-order valence-corrected chi connectivity index (χ1v) is 13.1. The van der Waals surface area contributed by atoms with E-state index in [4.69, 9.17) is 0 Å². The van der Waals surface area contributed by atoms with E-state index in [0.717, 1.165) is 24.7 Å². The molecule has 0 aromatic heterocycles. The third kappa shape index (κ3) is 3.53. The molecule has 0 amide bonds. The van der Waals surface area contributed by atoms with Gasteiger partial charge in [-0.25, -0.2) is 0 Å². The van der Waals surface area contributed by atoms with E-state index in [0.29, 0.717) is 35.0 Å². The smallest absolute Gasteiger partial charge is 0.0603 e. The third-order valence-corrected chi connectivity index (χ3v) is 10.9. The largest absolute Gasteiger partial charge is 0.393 e. The maximum atomic E-state index is 11.6. The van der Waals surface area contributed by atoms with E-state index < -0.39 is 0 Å². The predicted molar refractivity (Wildman–Crippen MR) is 120 cm³/mol. The molecule has 0 radical (unpaired) electrons. The molecule has 0 spiro atoms. The van der Waals surface area contributed by atoms with Gasteiger partial charge in [0.15, 0.2) is 0 Å². The summed E-state index contributed by atoms with van der Waals surface area (Å²) >= 11 is 0. The van der Waals surface area contributed by atoms with Crippen molar-refractivity contribution in [3.63, 3.8) is 0 Å². The molecule has 4 aliphatic rings. The van der Waals surface area contributed by atoms with Crippen molar-refractivity contribution >= 4 is 0 Å². The monoisotopic (exact) mass is 404 g/mol. The molecule has 2 heteroatoms.